The minimum absolute atomic E-state index is 0.190. The first kappa shape index (κ1) is 13.8. The SMILES string of the molecule is Cc1oc2nc[nH]c(=O)c2c1C(=O)N1CC(C)c2ccccc21. The van der Waals surface area contributed by atoms with E-state index in [4.69, 9.17) is 4.42 Å². The number of carbonyl (C=O) groups excluding carboxylic acids is 1. The van der Waals surface area contributed by atoms with E-state index in [1.54, 1.807) is 11.8 Å². The molecule has 2 aromatic heterocycles. The van der Waals surface area contributed by atoms with Crippen molar-refractivity contribution in [3.05, 3.63) is 57.8 Å². The summed E-state index contributed by atoms with van der Waals surface area (Å²) in [5, 5.41) is 0.215. The maximum atomic E-state index is 13.1. The minimum atomic E-state index is -0.365. The molecule has 1 aromatic carbocycles. The molecule has 1 amide bonds. The van der Waals surface area contributed by atoms with Crippen molar-refractivity contribution in [1.82, 2.24) is 9.97 Å². The van der Waals surface area contributed by atoms with E-state index in [2.05, 4.69) is 16.9 Å². The van der Waals surface area contributed by atoms with Gasteiger partial charge in [-0.15, -0.1) is 0 Å². The van der Waals surface area contributed by atoms with Crippen LogP contribution in [0.4, 0.5) is 5.69 Å². The molecule has 3 heterocycles. The molecule has 4 rings (SSSR count). The van der Waals surface area contributed by atoms with Crippen LogP contribution >= 0.6 is 0 Å². The van der Waals surface area contributed by atoms with Gasteiger partial charge >= 0.3 is 0 Å². The Morgan fingerprint density at radius 3 is 3.00 bits per heavy atom. The second kappa shape index (κ2) is 4.81. The van der Waals surface area contributed by atoms with Gasteiger partial charge in [-0.05, 0) is 18.6 Å². The Hall–Kier alpha value is -2.89. The van der Waals surface area contributed by atoms with Crippen molar-refractivity contribution in [3.63, 3.8) is 0 Å². The lowest BCUT2D eigenvalue weighted by Gasteiger charge is -2.17. The Kier molecular flexibility index (Phi) is 2.87. The summed E-state index contributed by atoms with van der Waals surface area (Å²) in [7, 11) is 0. The first-order valence-corrected chi connectivity index (χ1v) is 7.45. The lowest BCUT2D eigenvalue weighted by Crippen LogP contribution is -2.30. The van der Waals surface area contributed by atoms with Crippen LogP contribution in [0.3, 0.4) is 0 Å². The second-order valence-corrected chi connectivity index (χ2v) is 5.82. The van der Waals surface area contributed by atoms with Gasteiger partial charge < -0.3 is 14.3 Å². The number of nitrogens with zero attached hydrogens (tertiary/aromatic N) is 2. The molecular formula is C17H15N3O3. The number of amides is 1. The molecule has 0 spiro atoms. The topological polar surface area (TPSA) is 79.2 Å². The number of fused-ring (bicyclic) bond motifs is 2. The van der Waals surface area contributed by atoms with E-state index in [9.17, 15) is 9.59 Å². The van der Waals surface area contributed by atoms with Crippen molar-refractivity contribution in [2.24, 2.45) is 0 Å². The monoisotopic (exact) mass is 309 g/mol. The van der Waals surface area contributed by atoms with Gasteiger partial charge in [-0.25, -0.2) is 4.98 Å². The third-order valence-corrected chi connectivity index (χ3v) is 4.34. The summed E-state index contributed by atoms with van der Waals surface area (Å²) in [5.41, 5.74) is 2.14. The average Bonchev–Trinajstić information content (AvgIpc) is 3.05. The van der Waals surface area contributed by atoms with Crippen LogP contribution in [0, 0.1) is 6.92 Å². The molecule has 3 aromatic rings. The van der Waals surface area contributed by atoms with Gasteiger partial charge in [0.15, 0.2) is 0 Å². The molecule has 1 atom stereocenters. The van der Waals surface area contributed by atoms with Gasteiger partial charge in [0.1, 0.15) is 11.1 Å². The van der Waals surface area contributed by atoms with E-state index in [1.807, 2.05) is 24.3 Å². The lowest BCUT2D eigenvalue weighted by atomic mass is 10.0. The average molecular weight is 309 g/mol. The number of carbonyl (C=O) groups is 1. The van der Waals surface area contributed by atoms with Gasteiger partial charge in [0.25, 0.3) is 11.5 Å². The molecule has 23 heavy (non-hydrogen) atoms. The maximum Gasteiger partial charge on any atom is 0.262 e. The maximum absolute atomic E-state index is 13.1. The Bertz CT molecular complexity index is 986. The van der Waals surface area contributed by atoms with Crippen LogP contribution < -0.4 is 10.5 Å². The van der Waals surface area contributed by atoms with Crippen LogP contribution in [-0.2, 0) is 0 Å². The fourth-order valence-electron chi connectivity index (χ4n) is 3.26. The van der Waals surface area contributed by atoms with Gasteiger partial charge in [0.2, 0.25) is 5.71 Å². The van der Waals surface area contributed by atoms with E-state index in [-0.39, 0.29) is 28.5 Å². The van der Waals surface area contributed by atoms with Crippen molar-refractivity contribution in [1.29, 1.82) is 0 Å². The summed E-state index contributed by atoms with van der Waals surface area (Å²) in [5.74, 6) is 0.438. The number of rotatable bonds is 1. The quantitative estimate of drug-likeness (QED) is 0.749. The van der Waals surface area contributed by atoms with Crippen LogP contribution in [-0.4, -0.2) is 22.4 Å². The fourth-order valence-corrected chi connectivity index (χ4v) is 3.26. The van der Waals surface area contributed by atoms with E-state index in [0.717, 1.165) is 11.3 Å². The van der Waals surface area contributed by atoms with Crippen molar-refractivity contribution in [2.75, 3.05) is 11.4 Å². The zero-order chi connectivity index (χ0) is 16.1. The summed E-state index contributed by atoms with van der Waals surface area (Å²) in [6.45, 7) is 4.35. The molecule has 0 saturated heterocycles. The largest absolute Gasteiger partial charge is 0.442 e. The first-order chi connectivity index (χ1) is 11.1. The highest BCUT2D eigenvalue weighted by atomic mass is 16.3. The second-order valence-electron chi connectivity index (χ2n) is 5.82. The Labute approximate surface area is 131 Å². The number of aryl methyl sites for hydroxylation is 1. The highest BCUT2D eigenvalue weighted by molar-refractivity contribution is 6.14. The summed E-state index contributed by atoms with van der Waals surface area (Å²) in [4.78, 5) is 33.4. The van der Waals surface area contributed by atoms with Crippen molar-refractivity contribution in [3.8, 4) is 0 Å². The Morgan fingerprint density at radius 1 is 1.39 bits per heavy atom. The summed E-state index contributed by atoms with van der Waals surface area (Å²) >= 11 is 0. The standard InChI is InChI=1S/C17H15N3O3/c1-9-7-20(12-6-4-3-5-11(9)12)17(22)13-10(2)23-16-14(13)15(21)18-8-19-16/h3-6,8-9H,7H2,1-2H3,(H,18,19,21). The molecule has 0 radical (unpaired) electrons. The molecule has 1 unspecified atom stereocenters. The number of benzene rings is 1. The van der Waals surface area contributed by atoms with Crippen LogP contribution in [0.25, 0.3) is 11.1 Å². The number of anilines is 1. The number of hydrogen-bond donors (Lipinski definition) is 1. The minimum Gasteiger partial charge on any atom is -0.442 e. The van der Waals surface area contributed by atoms with Gasteiger partial charge in [-0.3, -0.25) is 9.59 Å². The number of para-hydroxylation sites is 1. The van der Waals surface area contributed by atoms with E-state index in [1.165, 1.54) is 6.33 Å². The predicted molar refractivity (Wildman–Crippen MR) is 85.9 cm³/mol. The molecule has 6 nitrogen and oxygen atoms in total. The number of nitrogens with one attached hydrogen (secondary N) is 1. The molecule has 6 heteroatoms. The molecule has 1 aliphatic rings. The number of hydrogen-bond acceptors (Lipinski definition) is 4. The van der Waals surface area contributed by atoms with Crippen LogP contribution in [0.1, 0.15) is 34.5 Å². The molecule has 1 aliphatic heterocycles. The highest BCUT2D eigenvalue weighted by Gasteiger charge is 2.33. The lowest BCUT2D eigenvalue weighted by molar-refractivity contribution is 0.0988. The van der Waals surface area contributed by atoms with E-state index >= 15 is 0 Å². The van der Waals surface area contributed by atoms with E-state index < -0.39 is 0 Å². The molecule has 0 bridgehead atoms. The van der Waals surface area contributed by atoms with E-state index in [0.29, 0.717) is 17.9 Å². The van der Waals surface area contributed by atoms with Crippen molar-refractivity contribution < 1.29 is 9.21 Å². The summed E-state index contributed by atoms with van der Waals surface area (Å²) in [6.07, 6.45) is 1.27. The predicted octanol–water partition coefficient (Wildman–Crippen LogP) is 2.59. The normalized spacial score (nSPS) is 16.8. The van der Waals surface area contributed by atoms with Crippen molar-refractivity contribution >= 4 is 22.7 Å². The zero-order valence-electron chi connectivity index (χ0n) is 12.8. The van der Waals surface area contributed by atoms with Crippen LogP contribution in [0.5, 0.6) is 0 Å². The molecular weight excluding hydrogens is 294 g/mol. The highest BCUT2D eigenvalue weighted by Crippen LogP contribution is 2.37. The van der Waals surface area contributed by atoms with Gasteiger partial charge in [-0.2, -0.15) is 0 Å². The molecule has 116 valence electrons. The third kappa shape index (κ3) is 1.91. The van der Waals surface area contributed by atoms with Gasteiger partial charge in [0, 0.05) is 18.2 Å². The molecule has 1 N–H and O–H groups in total. The van der Waals surface area contributed by atoms with Crippen LogP contribution in [0.15, 0.2) is 39.8 Å². The molecule has 0 aliphatic carbocycles. The number of aromatic nitrogens is 2. The van der Waals surface area contributed by atoms with Crippen molar-refractivity contribution in [2.45, 2.75) is 19.8 Å². The zero-order valence-corrected chi connectivity index (χ0v) is 12.8. The molecule has 0 fully saturated rings. The van der Waals surface area contributed by atoms with Crippen LogP contribution in [0.2, 0.25) is 0 Å². The van der Waals surface area contributed by atoms with Gasteiger partial charge in [-0.1, -0.05) is 25.1 Å². The fraction of sp³-hybridized carbons (Fsp3) is 0.235. The van der Waals surface area contributed by atoms with Gasteiger partial charge in [0.05, 0.1) is 11.9 Å². The number of H-pyrrole nitrogens is 1. The summed E-state index contributed by atoms with van der Waals surface area (Å²) < 4.78 is 5.50. The smallest absolute Gasteiger partial charge is 0.262 e. The number of aromatic amines is 1. The summed E-state index contributed by atoms with van der Waals surface area (Å²) in [6, 6.07) is 7.83. The molecule has 0 saturated carbocycles. The first-order valence-electron chi connectivity index (χ1n) is 7.45. The number of furan rings is 1. The third-order valence-electron chi connectivity index (χ3n) is 4.34. The Morgan fingerprint density at radius 2 is 2.17 bits per heavy atom. The Balaban J connectivity index is 1.89.